The first-order valence-electron chi connectivity index (χ1n) is 7.89. The molecule has 0 amide bonds. The Morgan fingerprint density at radius 3 is 2.95 bits per heavy atom. The van der Waals surface area contributed by atoms with Gasteiger partial charge < -0.3 is 10.5 Å². The summed E-state index contributed by atoms with van der Waals surface area (Å²) in [5, 5.41) is 0. The molecule has 1 aromatic carbocycles. The lowest BCUT2D eigenvalue weighted by Crippen LogP contribution is -2.42. The number of nitrogens with two attached hydrogens (primary N) is 1. The second-order valence-electron chi connectivity index (χ2n) is 5.66. The maximum Gasteiger partial charge on any atom is 0.163 e. The molecule has 4 nitrogen and oxygen atoms in total. The van der Waals surface area contributed by atoms with Gasteiger partial charge in [-0.05, 0) is 51.4 Å². The molecule has 0 radical (unpaired) electrons. The Hall–Kier alpha value is -1.39. The van der Waals surface area contributed by atoms with E-state index in [0.717, 1.165) is 26.1 Å². The average Bonchev–Trinajstić information content (AvgIpc) is 2.49. The second-order valence-corrected chi connectivity index (χ2v) is 5.66. The Balaban J connectivity index is 1.87. The summed E-state index contributed by atoms with van der Waals surface area (Å²) in [7, 11) is 0. The van der Waals surface area contributed by atoms with Crippen LogP contribution in [0.15, 0.2) is 24.3 Å². The maximum atomic E-state index is 11.6. The average molecular weight is 290 g/mol. The van der Waals surface area contributed by atoms with Gasteiger partial charge in [0.1, 0.15) is 12.4 Å². The molecule has 0 aliphatic carbocycles. The number of Topliss-reactive ketones (excluding diaryl/α,β-unsaturated/α-hetero) is 1. The Morgan fingerprint density at radius 2 is 2.19 bits per heavy atom. The lowest BCUT2D eigenvalue weighted by Gasteiger charge is -2.35. The van der Waals surface area contributed by atoms with Crippen molar-refractivity contribution in [2.45, 2.75) is 38.6 Å². The van der Waals surface area contributed by atoms with Crippen molar-refractivity contribution < 1.29 is 9.53 Å². The Labute approximate surface area is 127 Å². The number of ketones is 1. The van der Waals surface area contributed by atoms with Gasteiger partial charge in [0.25, 0.3) is 0 Å². The molecule has 0 spiro atoms. The quantitative estimate of drug-likeness (QED) is 0.784. The first-order chi connectivity index (χ1) is 10.2. The summed E-state index contributed by atoms with van der Waals surface area (Å²) in [5.74, 6) is 0.738. The van der Waals surface area contributed by atoms with Gasteiger partial charge in [-0.25, -0.2) is 0 Å². The number of ether oxygens (including phenoxy) is 1. The zero-order valence-electron chi connectivity index (χ0n) is 12.9. The molecule has 1 aliphatic heterocycles. The summed E-state index contributed by atoms with van der Waals surface area (Å²) in [6, 6.07) is 8.04. The number of carbonyl (C=O) groups is 1. The van der Waals surface area contributed by atoms with Crippen molar-refractivity contribution in [3.05, 3.63) is 29.8 Å². The largest absolute Gasteiger partial charge is 0.491 e. The van der Waals surface area contributed by atoms with E-state index in [1.165, 1.54) is 19.3 Å². The van der Waals surface area contributed by atoms with Gasteiger partial charge >= 0.3 is 0 Å². The van der Waals surface area contributed by atoms with Gasteiger partial charge in [-0.3, -0.25) is 9.69 Å². The fraction of sp³-hybridized carbons (Fsp3) is 0.588. The van der Waals surface area contributed by atoms with Gasteiger partial charge in [0.05, 0.1) is 5.56 Å². The molecule has 1 saturated heterocycles. The zero-order chi connectivity index (χ0) is 15.1. The molecule has 2 rings (SSSR count). The van der Waals surface area contributed by atoms with E-state index in [2.05, 4.69) is 4.90 Å². The van der Waals surface area contributed by atoms with E-state index in [-0.39, 0.29) is 5.78 Å². The van der Waals surface area contributed by atoms with Crippen LogP contribution in [0, 0.1) is 0 Å². The molecule has 1 atom stereocenters. The molecule has 0 aromatic heterocycles. The summed E-state index contributed by atoms with van der Waals surface area (Å²) in [6.07, 6.45) is 4.85. The summed E-state index contributed by atoms with van der Waals surface area (Å²) in [6.45, 7) is 4.96. The van der Waals surface area contributed by atoms with E-state index in [4.69, 9.17) is 10.5 Å². The van der Waals surface area contributed by atoms with Crippen LogP contribution in [0.5, 0.6) is 5.75 Å². The number of piperidine rings is 1. The van der Waals surface area contributed by atoms with Crippen molar-refractivity contribution >= 4 is 5.78 Å². The molecule has 1 unspecified atom stereocenters. The van der Waals surface area contributed by atoms with E-state index >= 15 is 0 Å². The van der Waals surface area contributed by atoms with Crippen molar-refractivity contribution in [3.8, 4) is 5.75 Å². The van der Waals surface area contributed by atoms with Crippen molar-refractivity contribution in [1.29, 1.82) is 0 Å². The van der Waals surface area contributed by atoms with E-state index in [1.807, 2.05) is 24.3 Å². The molecule has 0 bridgehead atoms. The summed E-state index contributed by atoms with van der Waals surface area (Å²) in [4.78, 5) is 14.0. The number of carbonyl (C=O) groups excluding carboxylic acids is 1. The fourth-order valence-electron chi connectivity index (χ4n) is 3.03. The van der Waals surface area contributed by atoms with Crippen molar-refractivity contribution in [2.75, 3.05) is 26.2 Å². The molecule has 116 valence electrons. The fourth-order valence-corrected chi connectivity index (χ4v) is 3.03. The third kappa shape index (κ3) is 4.55. The Bertz CT molecular complexity index is 460. The maximum absolute atomic E-state index is 11.6. The monoisotopic (exact) mass is 290 g/mol. The topological polar surface area (TPSA) is 55.6 Å². The number of rotatable bonds is 7. The van der Waals surface area contributed by atoms with Crippen molar-refractivity contribution in [3.63, 3.8) is 0 Å². The highest BCUT2D eigenvalue weighted by molar-refractivity contribution is 5.96. The highest BCUT2D eigenvalue weighted by Crippen LogP contribution is 2.21. The predicted molar refractivity (Wildman–Crippen MR) is 84.8 cm³/mol. The first-order valence-corrected chi connectivity index (χ1v) is 7.89. The van der Waals surface area contributed by atoms with Crippen LogP contribution in [0.1, 0.15) is 43.0 Å². The molecule has 2 N–H and O–H groups in total. The van der Waals surface area contributed by atoms with Crippen molar-refractivity contribution in [1.82, 2.24) is 4.90 Å². The number of benzene rings is 1. The van der Waals surface area contributed by atoms with Gasteiger partial charge in [0.2, 0.25) is 0 Å². The smallest absolute Gasteiger partial charge is 0.163 e. The lowest BCUT2D eigenvalue weighted by atomic mass is 9.99. The number of hydrogen-bond donors (Lipinski definition) is 1. The Morgan fingerprint density at radius 1 is 1.38 bits per heavy atom. The molecular formula is C17H26N2O2. The minimum atomic E-state index is 0.0459. The van der Waals surface area contributed by atoms with Crippen LogP contribution in [0.3, 0.4) is 0 Å². The summed E-state index contributed by atoms with van der Waals surface area (Å²) < 4.78 is 5.83. The molecule has 0 saturated carbocycles. The van der Waals surface area contributed by atoms with Crippen LogP contribution in [-0.2, 0) is 0 Å². The molecule has 1 heterocycles. The van der Waals surface area contributed by atoms with Crippen LogP contribution in [0.4, 0.5) is 0 Å². The molecular weight excluding hydrogens is 264 g/mol. The first kappa shape index (κ1) is 16.0. The standard InChI is InChI=1S/C17H26N2O2/c1-14(20)16-7-2-3-8-17(16)21-13-12-19-11-5-4-6-15(19)9-10-18/h2-3,7-8,15H,4-6,9-13,18H2,1H3. The molecule has 4 heteroatoms. The minimum Gasteiger partial charge on any atom is -0.491 e. The molecule has 21 heavy (non-hydrogen) atoms. The van der Waals surface area contributed by atoms with E-state index in [0.29, 0.717) is 24.0 Å². The van der Waals surface area contributed by atoms with Crippen LogP contribution in [-0.4, -0.2) is 43.0 Å². The van der Waals surface area contributed by atoms with Crippen LogP contribution < -0.4 is 10.5 Å². The van der Waals surface area contributed by atoms with Gasteiger partial charge in [0, 0.05) is 12.6 Å². The lowest BCUT2D eigenvalue weighted by molar-refractivity contribution is 0.100. The summed E-state index contributed by atoms with van der Waals surface area (Å²) in [5.41, 5.74) is 6.36. The normalized spacial score (nSPS) is 19.4. The molecule has 1 aromatic rings. The third-order valence-corrected chi connectivity index (χ3v) is 4.15. The highest BCUT2D eigenvalue weighted by atomic mass is 16.5. The van der Waals surface area contributed by atoms with Crippen LogP contribution in [0.25, 0.3) is 0 Å². The van der Waals surface area contributed by atoms with Gasteiger partial charge in [-0.1, -0.05) is 18.6 Å². The van der Waals surface area contributed by atoms with E-state index in [1.54, 1.807) is 6.92 Å². The van der Waals surface area contributed by atoms with Crippen LogP contribution >= 0.6 is 0 Å². The molecule has 1 fully saturated rings. The minimum absolute atomic E-state index is 0.0459. The van der Waals surface area contributed by atoms with E-state index in [9.17, 15) is 4.79 Å². The number of likely N-dealkylation sites (tertiary alicyclic amines) is 1. The SMILES string of the molecule is CC(=O)c1ccccc1OCCN1CCCCC1CCN. The summed E-state index contributed by atoms with van der Waals surface area (Å²) >= 11 is 0. The number of hydrogen-bond acceptors (Lipinski definition) is 4. The van der Waals surface area contributed by atoms with Crippen LogP contribution in [0.2, 0.25) is 0 Å². The van der Waals surface area contributed by atoms with E-state index < -0.39 is 0 Å². The molecule has 1 aliphatic rings. The zero-order valence-corrected chi connectivity index (χ0v) is 12.9. The second kappa shape index (κ2) is 8.15. The van der Waals surface area contributed by atoms with Gasteiger partial charge in [-0.15, -0.1) is 0 Å². The van der Waals surface area contributed by atoms with Crippen molar-refractivity contribution in [2.24, 2.45) is 5.73 Å². The number of para-hydroxylation sites is 1. The highest BCUT2D eigenvalue weighted by Gasteiger charge is 2.21. The Kier molecular flexibility index (Phi) is 6.21. The third-order valence-electron chi connectivity index (χ3n) is 4.15. The predicted octanol–water partition coefficient (Wildman–Crippen LogP) is 2.47. The van der Waals surface area contributed by atoms with Gasteiger partial charge in [0.15, 0.2) is 5.78 Å². The van der Waals surface area contributed by atoms with Gasteiger partial charge in [-0.2, -0.15) is 0 Å². The number of nitrogens with zero attached hydrogens (tertiary/aromatic N) is 1.